The van der Waals surface area contributed by atoms with E-state index in [-0.39, 0.29) is 29.4 Å². The molecule has 1 aromatic carbocycles. The second-order valence-corrected chi connectivity index (χ2v) is 4.99. The third-order valence-corrected chi connectivity index (χ3v) is 2.97. The Hall–Kier alpha value is -2.37. The second kappa shape index (κ2) is 5.73. The number of carbonyl (C=O) groups excluding carboxylic acids is 1. The van der Waals surface area contributed by atoms with Crippen LogP contribution in [0.15, 0.2) is 24.3 Å². The van der Waals surface area contributed by atoms with E-state index in [0.717, 1.165) is 5.56 Å². The highest BCUT2D eigenvalue weighted by Crippen LogP contribution is 2.18. The number of benzene rings is 1. The molecule has 106 valence electrons. The smallest absolute Gasteiger partial charge is 0.291 e. The van der Waals surface area contributed by atoms with Crippen LogP contribution in [0.25, 0.3) is 0 Å². The quantitative estimate of drug-likeness (QED) is 0.796. The summed E-state index contributed by atoms with van der Waals surface area (Å²) in [6.07, 6.45) is 0. The number of nitrogens with one attached hydrogen (secondary N) is 2. The summed E-state index contributed by atoms with van der Waals surface area (Å²) in [5, 5.41) is 18.9. The number of aromatic hydroxyl groups is 1. The molecule has 0 fully saturated rings. The monoisotopic (exact) mass is 274 g/mol. The molecule has 0 aliphatic heterocycles. The maximum atomic E-state index is 12.0. The van der Waals surface area contributed by atoms with Crippen molar-refractivity contribution in [3.05, 3.63) is 41.5 Å². The maximum absolute atomic E-state index is 12.0. The van der Waals surface area contributed by atoms with Crippen LogP contribution in [0.1, 0.15) is 54.7 Å². The first-order chi connectivity index (χ1) is 9.47. The molecular formula is C14H18N4O2. The average molecular weight is 274 g/mol. The molecule has 0 saturated carbocycles. The average Bonchev–Trinajstić information content (AvgIpc) is 2.88. The molecule has 1 amide bonds. The van der Waals surface area contributed by atoms with Gasteiger partial charge in [-0.05, 0) is 24.6 Å². The molecule has 20 heavy (non-hydrogen) atoms. The Kier molecular flexibility index (Phi) is 4.02. The SMILES string of the molecule is CC(C)c1nc(C(=O)NC(C)c2cccc(O)c2)n[nH]1. The number of rotatable bonds is 4. The van der Waals surface area contributed by atoms with Gasteiger partial charge in [0.25, 0.3) is 5.91 Å². The number of phenolic OH excluding ortho intramolecular Hbond substituents is 1. The van der Waals surface area contributed by atoms with Crippen LogP contribution in [0.5, 0.6) is 5.75 Å². The molecule has 0 aliphatic rings. The van der Waals surface area contributed by atoms with Gasteiger partial charge < -0.3 is 10.4 Å². The highest BCUT2D eigenvalue weighted by molar-refractivity contribution is 5.90. The van der Waals surface area contributed by atoms with Crippen molar-refractivity contribution in [2.75, 3.05) is 0 Å². The van der Waals surface area contributed by atoms with Gasteiger partial charge in [0, 0.05) is 5.92 Å². The van der Waals surface area contributed by atoms with Crippen LogP contribution in [-0.2, 0) is 0 Å². The summed E-state index contributed by atoms with van der Waals surface area (Å²) >= 11 is 0. The van der Waals surface area contributed by atoms with E-state index in [1.807, 2.05) is 26.8 Å². The predicted octanol–water partition coefficient (Wildman–Crippen LogP) is 2.12. The third-order valence-electron chi connectivity index (χ3n) is 2.97. The molecule has 0 saturated heterocycles. The summed E-state index contributed by atoms with van der Waals surface area (Å²) < 4.78 is 0. The Morgan fingerprint density at radius 3 is 2.70 bits per heavy atom. The van der Waals surface area contributed by atoms with Crippen molar-refractivity contribution in [2.45, 2.75) is 32.7 Å². The van der Waals surface area contributed by atoms with Crippen molar-refractivity contribution in [1.82, 2.24) is 20.5 Å². The lowest BCUT2D eigenvalue weighted by atomic mass is 10.1. The van der Waals surface area contributed by atoms with E-state index in [9.17, 15) is 9.90 Å². The number of amides is 1. The Balaban J connectivity index is 2.07. The number of carbonyl (C=O) groups is 1. The van der Waals surface area contributed by atoms with E-state index in [0.29, 0.717) is 5.82 Å². The molecule has 2 aromatic rings. The lowest BCUT2D eigenvalue weighted by Crippen LogP contribution is -2.27. The van der Waals surface area contributed by atoms with Gasteiger partial charge in [0.2, 0.25) is 5.82 Å². The van der Waals surface area contributed by atoms with Crippen molar-refractivity contribution < 1.29 is 9.90 Å². The van der Waals surface area contributed by atoms with Crippen LogP contribution in [0, 0.1) is 0 Å². The van der Waals surface area contributed by atoms with Crippen LogP contribution in [-0.4, -0.2) is 26.2 Å². The minimum atomic E-state index is -0.344. The minimum absolute atomic E-state index is 0.126. The zero-order chi connectivity index (χ0) is 14.7. The van der Waals surface area contributed by atoms with Gasteiger partial charge in [0.1, 0.15) is 11.6 Å². The van der Waals surface area contributed by atoms with Crippen LogP contribution < -0.4 is 5.32 Å². The number of H-pyrrole nitrogens is 1. The largest absolute Gasteiger partial charge is 0.508 e. The fourth-order valence-corrected chi connectivity index (χ4v) is 1.77. The Labute approximate surface area is 117 Å². The molecule has 1 unspecified atom stereocenters. The van der Waals surface area contributed by atoms with Crippen LogP contribution in [0.4, 0.5) is 0 Å². The van der Waals surface area contributed by atoms with Gasteiger partial charge in [-0.2, -0.15) is 0 Å². The lowest BCUT2D eigenvalue weighted by molar-refractivity contribution is 0.0929. The molecule has 0 spiro atoms. The predicted molar refractivity (Wildman–Crippen MR) is 74.5 cm³/mol. The van der Waals surface area contributed by atoms with Gasteiger partial charge in [0.05, 0.1) is 6.04 Å². The normalized spacial score (nSPS) is 12.4. The Morgan fingerprint density at radius 1 is 1.35 bits per heavy atom. The highest BCUT2D eigenvalue weighted by atomic mass is 16.3. The van der Waals surface area contributed by atoms with Crippen molar-refractivity contribution in [3.8, 4) is 5.75 Å². The summed E-state index contributed by atoms with van der Waals surface area (Å²) in [7, 11) is 0. The standard InChI is InChI=1S/C14H18N4O2/c1-8(2)12-16-13(18-17-12)14(20)15-9(3)10-5-4-6-11(19)7-10/h4-9,19H,1-3H3,(H,15,20)(H,16,17,18). The number of aromatic nitrogens is 3. The number of aromatic amines is 1. The zero-order valence-electron chi connectivity index (χ0n) is 11.7. The molecule has 1 atom stereocenters. The van der Waals surface area contributed by atoms with E-state index in [2.05, 4.69) is 20.5 Å². The van der Waals surface area contributed by atoms with Gasteiger partial charge in [-0.3, -0.25) is 9.89 Å². The molecule has 0 radical (unpaired) electrons. The summed E-state index contributed by atoms with van der Waals surface area (Å²) in [6.45, 7) is 5.78. The number of phenols is 1. The molecule has 1 heterocycles. The topological polar surface area (TPSA) is 90.9 Å². The van der Waals surface area contributed by atoms with E-state index >= 15 is 0 Å². The van der Waals surface area contributed by atoms with E-state index in [1.165, 1.54) is 0 Å². The number of hydrogen-bond donors (Lipinski definition) is 3. The van der Waals surface area contributed by atoms with Gasteiger partial charge >= 0.3 is 0 Å². The van der Waals surface area contributed by atoms with Crippen molar-refractivity contribution >= 4 is 5.91 Å². The summed E-state index contributed by atoms with van der Waals surface area (Å²) in [4.78, 5) is 16.2. The summed E-state index contributed by atoms with van der Waals surface area (Å²) in [6, 6.07) is 6.53. The van der Waals surface area contributed by atoms with Gasteiger partial charge in [-0.15, -0.1) is 5.10 Å². The van der Waals surface area contributed by atoms with Gasteiger partial charge in [-0.25, -0.2) is 4.98 Å². The molecule has 6 nitrogen and oxygen atoms in total. The summed E-state index contributed by atoms with van der Waals surface area (Å²) in [5.74, 6) is 0.820. The molecule has 0 aliphatic carbocycles. The lowest BCUT2D eigenvalue weighted by Gasteiger charge is -2.13. The molecular weight excluding hydrogens is 256 g/mol. The fourth-order valence-electron chi connectivity index (χ4n) is 1.77. The van der Waals surface area contributed by atoms with Gasteiger partial charge in [0.15, 0.2) is 0 Å². The van der Waals surface area contributed by atoms with Crippen molar-refractivity contribution in [1.29, 1.82) is 0 Å². The molecule has 1 aromatic heterocycles. The van der Waals surface area contributed by atoms with Crippen molar-refractivity contribution in [3.63, 3.8) is 0 Å². The minimum Gasteiger partial charge on any atom is -0.508 e. The fraction of sp³-hybridized carbons (Fsp3) is 0.357. The molecule has 2 rings (SSSR count). The Morgan fingerprint density at radius 2 is 2.10 bits per heavy atom. The molecule has 3 N–H and O–H groups in total. The maximum Gasteiger partial charge on any atom is 0.291 e. The third kappa shape index (κ3) is 3.14. The summed E-state index contributed by atoms with van der Waals surface area (Å²) in [5.41, 5.74) is 0.818. The number of hydrogen-bond acceptors (Lipinski definition) is 4. The highest BCUT2D eigenvalue weighted by Gasteiger charge is 2.17. The van der Waals surface area contributed by atoms with Crippen molar-refractivity contribution in [2.24, 2.45) is 0 Å². The van der Waals surface area contributed by atoms with E-state index in [4.69, 9.17) is 0 Å². The van der Waals surface area contributed by atoms with E-state index in [1.54, 1.807) is 18.2 Å². The zero-order valence-corrected chi connectivity index (χ0v) is 11.7. The molecule has 0 bridgehead atoms. The first-order valence-electron chi connectivity index (χ1n) is 6.49. The first-order valence-corrected chi connectivity index (χ1v) is 6.49. The molecule has 6 heteroatoms. The van der Waals surface area contributed by atoms with E-state index < -0.39 is 0 Å². The Bertz CT molecular complexity index is 607. The van der Waals surface area contributed by atoms with Crippen LogP contribution in [0.3, 0.4) is 0 Å². The van der Waals surface area contributed by atoms with Gasteiger partial charge in [-0.1, -0.05) is 26.0 Å². The first kappa shape index (κ1) is 14.0. The number of nitrogens with zero attached hydrogens (tertiary/aromatic N) is 2. The van der Waals surface area contributed by atoms with Crippen LogP contribution in [0.2, 0.25) is 0 Å². The van der Waals surface area contributed by atoms with Crippen LogP contribution >= 0.6 is 0 Å². The second-order valence-electron chi connectivity index (χ2n) is 4.99.